The van der Waals surface area contributed by atoms with Gasteiger partial charge in [0, 0.05) is 10.7 Å². The van der Waals surface area contributed by atoms with Gasteiger partial charge in [0.1, 0.15) is 0 Å². The zero-order chi connectivity index (χ0) is 8.10. The first-order chi connectivity index (χ1) is 5.33. The Morgan fingerprint density at radius 2 is 2.45 bits per heavy atom. The Morgan fingerprint density at radius 1 is 1.64 bits per heavy atom. The van der Waals surface area contributed by atoms with Gasteiger partial charge >= 0.3 is 0 Å². The van der Waals surface area contributed by atoms with Crippen molar-refractivity contribution in [1.29, 1.82) is 0 Å². The standard InChI is InChI=1S/C8H6BrNS/c1-2-5-11-8-4-3-7(9)6-10-8/h1,3-4,6H,5H2. The lowest BCUT2D eigenvalue weighted by Crippen LogP contribution is -1.78. The second-order valence-corrected chi connectivity index (χ2v) is 3.72. The second kappa shape index (κ2) is 4.42. The van der Waals surface area contributed by atoms with Gasteiger partial charge in [0.25, 0.3) is 0 Å². The van der Waals surface area contributed by atoms with Crippen LogP contribution in [0.25, 0.3) is 0 Å². The summed E-state index contributed by atoms with van der Waals surface area (Å²) in [6.07, 6.45) is 6.86. The maximum Gasteiger partial charge on any atom is 0.0969 e. The van der Waals surface area contributed by atoms with E-state index in [1.807, 2.05) is 12.1 Å². The van der Waals surface area contributed by atoms with E-state index >= 15 is 0 Å². The zero-order valence-corrected chi connectivity index (χ0v) is 8.15. The molecule has 0 spiro atoms. The quantitative estimate of drug-likeness (QED) is 0.570. The fourth-order valence-corrected chi connectivity index (χ4v) is 1.32. The number of terminal acetylenes is 1. The molecule has 0 aliphatic heterocycles. The number of hydrogen-bond acceptors (Lipinski definition) is 2. The molecular formula is C8H6BrNS. The Bertz CT molecular complexity index is 262. The molecule has 0 bridgehead atoms. The summed E-state index contributed by atoms with van der Waals surface area (Å²) in [4.78, 5) is 4.14. The molecular weight excluding hydrogens is 222 g/mol. The predicted octanol–water partition coefficient (Wildman–Crippen LogP) is 2.57. The lowest BCUT2D eigenvalue weighted by molar-refractivity contribution is 1.13. The van der Waals surface area contributed by atoms with Gasteiger partial charge in [-0.15, -0.1) is 6.42 Å². The van der Waals surface area contributed by atoms with Crippen molar-refractivity contribution in [3.63, 3.8) is 0 Å². The Morgan fingerprint density at radius 3 is 3.00 bits per heavy atom. The second-order valence-electron chi connectivity index (χ2n) is 1.81. The fraction of sp³-hybridized carbons (Fsp3) is 0.125. The minimum atomic E-state index is 0.675. The lowest BCUT2D eigenvalue weighted by atomic mass is 10.5. The molecule has 0 aliphatic rings. The van der Waals surface area contributed by atoms with Gasteiger partial charge in [0.2, 0.25) is 0 Å². The van der Waals surface area contributed by atoms with E-state index in [0.29, 0.717) is 5.75 Å². The van der Waals surface area contributed by atoms with Crippen LogP contribution in [0.1, 0.15) is 0 Å². The molecule has 1 heterocycles. The van der Waals surface area contributed by atoms with Crippen LogP contribution in [-0.4, -0.2) is 10.7 Å². The Labute approximate surface area is 78.7 Å². The third-order valence-corrected chi connectivity index (χ3v) is 2.32. The maximum absolute atomic E-state index is 5.10. The van der Waals surface area contributed by atoms with Crippen molar-refractivity contribution in [2.75, 3.05) is 5.75 Å². The summed E-state index contributed by atoms with van der Waals surface area (Å²) in [6, 6.07) is 3.89. The maximum atomic E-state index is 5.10. The lowest BCUT2D eigenvalue weighted by Gasteiger charge is -1.94. The summed E-state index contributed by atoms with van der Waals surface area (Å²) in [7, 11) is 0. The summed E-state index contributed by atoms with van der Waals surface area (Å²) in [5.41, 5.74) is 0. The Hall–Kier alpha value is -0.460. The number of nitrogens with zero attached hydrogens (tertiary/aromatic N) is 1. The number of halogens is 1. The molecule has 0 fully saturated rings. The van der Waals surface area contributed by atoms with Crippen LogP contribution in [0.2, 0.25) is 0 Å². The van der Waals surface area contributed by atoms with Crippen molar-refractivity contribution in [1.82, 2.24) is 4.98 Å². The van der Waals surface area contributed by atoms with Crippen LogP contribution in [-0.2, 0) is 0 Å². The number of thioether (sulfide) groups is 1. The van der Waals surface area contributed by atoms with E-state index in [4.69, 9.17) is 6.42 Å². The Kier molecular flexibility index (Phi) is 3.47. The smallest absolute Gasteiger partial charge is 0.0969 e. The van der Waals surface area contributed by atoms with Crippen LogP contribution in [0.4, 0.5) is 0 Å². The number of hydrogen-bond donors (Lipinski definition) is 0. The van der Waals surface area contributed by atoms with E-state index in [1.165, 1.54) is 0 Å². The van der Waals surface area contributed by atoms with E-state index in [-0.39, 0.29) is 0 Å². The van der Waals surface area contributed by atoms with Gasteiger partial charge in [-0.3, -0.25) is 0 Å². The van der Waals surface area contributed by atoms with E-state index in [0.717, 1.165) is 9.50 Å². The molecule has 1 aromatic rings. The van der Waals surface area contributed by atoms with E-state index in [9.17, 15) is 0 Å². The molecule has 0 amide bonds. The van der Waals surface area contributed by atoms with Crippen LogP contribution in [0.15, 0.2) is 27.8 Å². The summed E-state index contributed by atoms with van der Waals surface area (Å²) >= 11 is 4.86. The van der Waals surface area contributed by atoms with Gasteiger partial charge in [-0.25, -0.2) is 4.98 Å². The molecule has 0 unspecified atom stereocenters. The summed E-state index contributed by atoms with van der Waals surface area (Å²) in [5, 5.41) is 0.964. The van der Waals surface area contributed by atoms with Crippen LogP contribution in [0.3, 0.4) is 0 Å². The topological polar surface area (TPSA) is 12.9 Å². The fourth-order valence-electron chi connectivity index (χ4n) is 0.563. The molecule has 0 aliphatic carbocycles. The first-order valence-electron chi connectivity index (χ1n) is 3.01. The molecule has 56 valence electrons. The van der Waals surface area contributed by atoms with Crippen LogP contribution >= 0.6 is 27.7 Å². The molecule has 0 saturated heterocycles. The number of aromatic nitrogens is 1. The monoisotopic (exact) mass is 227 g/mol. The molecule has 1 nitrogen and oxygen atoms in total. The van der Waals surface area contributed by atoms with Crippen molar-refractivity contribution in [3.8, 4) is 12.3 Å². The molecule has 0 N–H and O–H groups in total. The minimum absolute atomic E-state index is 0.675. The van der Waals surface area contributed by atoms with E-state index in [2.05, 4.69) is 26.8 Å². The van der Waals surface area contributed by atoms with Crippen molar-refractivity contribution >= 4 is 27.7 Å². The third-order valence-electron chi connectivity index (χ3n) is 1.00. The molecule has 1 rings (SSSR count). The van der Waals surface area contributed by atoms with Crippen LogP contribution in [0.5, 0.6) is 0 Å². The zero-order valence-electron chi connectivity index (χ0n) is 5.75. The van der Waals surface area contributed by atoms with E-state index in [1.54, 1.807) is 18.0 Å². The van der Waals surface area contributed by atoms with Gasteiger partial charge < -0.3 is 0 Å². The molecule has 0 radical (unpaired) electrons. The highest BCUT2D eigenvalue weighted by Crippen LogP contribution is 2.16. The minimum Gasteiger partial charge on any atom is -0.249 e. The van der Waals surface area contributed by atoms with Gasteiger partial charge in [-0.05, 0) is 28.1 Å². The molecule has 1 aromatic heterocycles. The van der Waals surface area contributed by atoms with Crippen molar-refractivity contribution < 1.29 is 0 Å². The highest BCUT2D eigenvalue weighted by molar-refractivity contribution is 9.10. The average molecular weight is 228 g/mol. The van der Waals surface area contributed by atoms with Crippen molar-refractivity contribution in [2.24, 2.45) is 0 Å². The van der Waals surface area contributed by atoms with E-state index < -0.39 is 0 Å². The highest BCUT2D eigenvalue weighted by Gasteiger charge is 1.92. The van der Waals surface area contributed by atoms with Crippen molar-refractivity contribution in [2.45, 2.75) is 5.03 Å². The predicted molar refractivity (Wildman–Crippen MR) is 51.5 cm³/mol. The first-order valence-corrected chi connectivity index (χ1v) is 4.78. The molecule has 0 aromatic carbocycles. The van der Waals surface area contributed by atoms with Gasteiger partial charge in [-0.2, -0.15) is 0 Å². The van der Waals surface area contributed by atoms with Crippen LogP contribution in [0, 0.1) is 12.3 Å². The van der Waals surface area contributed by atoms with Gasteiger partial charge in [-0.1, -0.05) is 17.7 Å². The van der Waals surface area contributed by atoms with Gasteiger partial charge in [0.05, 0.1) is 10.8 Å². The van der Waals surface area contributed by atoms with Crippen molar-refractivity contribution in [3.05, 3.63) is 22.8 Å². The largest absolute Gasteiger partial charge is 0.249 e. The van der Waals surface area contributed by atoms with Gasteiger partial charge in [0.15, 0.2) is 0 Å². The number of rotatable bonds is 2. The molecule has 3 heteroatoms. The molecule has 0 atom stereocenters. The molecule has 11 heavy (non-hydrogen) atoms. The Balaban J connectivity index is 2.60. The normalized spacial score (nSPS) is 9.09. The summed E-state index contributed by atoms with van der Waals surface area (Å²) < 4.78 is 0.988. The number of pyridine rings is 1. The SMILES string of the molecule is C#CCSc1ccc(Br)cn1. The average Bonchev–Trinajstić information content (AvgIpc) is 2.04. The summed E-state index contributed by atoms with van der Waals surface area (Å²) in [5.74, 6) is 3.22. The molecule has 0 saturated carbocycles. The highest BCUT2D eigenvalue weighted by atomic mass is 79.9. The summed E-state index contributed by atoms with van der Waals surface area (Å²) in [6.45, 7) is 0. The van der Waals surface area contributed by atoms with Crippen LogP contribution < -0.4 is 0 Å². The first kappa shape index (κ1) is 8.63. The third kappa shape index (κ3) is 2.96.